The Hall–Kier alpha value is -2.11. The van der Waals surface area contributed by atoms with Crippen LogP contribution in [0.4, 0.5) is 0 Å². The monoisotopic (exact) mass is 332 g/mol. The maximum Gasteiger partial charge on any atom is 0.183 e. The molecule has 0 amide bonds. The van der Waals surface area contributed by atoms with E-state index in [0.717, 1.165) is 5.69 Å². The molecular formula is C16H13ClN2O2S. The average molecular weight is 333 g/mol. The van der Waals surface area contributed by atoms with E-state index in [1.54, 1.807) is 41.2 Å². The molecule has 3 aromatic rings. The summed E-state index contributed by atoms with van der Waals surface area (Å²) in [7, 11) is -3.47. The first-order valence-electron chi connectivity index (χ1n) is 6.62. The first kappa shape index (κ1) is 14.8. The number of sulfone groups is 1. The van der Waals surface area contributed by atoms with E-state index in [-0.39, 0.29) is 15.7 Å². The minimum atomic E-state index is -3.47. The second kappa shape index (κ2) is 5.94. The van der Waals surface area contributed by atoms with Crippen LogP contribution in [0, 0.1) is 0 Å². The van der Waals surface area contributed by atoms with Crippen molar-refractivity contribution in [3.05, 3.63) is 77.6 Å². The van der Waals surface area contributed by atoms with E-state index in [2.05, 4.69) is 5.10 Å². The van der Waals surface area contributed by atoms with Crippen LogP contribution in [0.25, 0.3) is 5.69 Å². The van der Waals surface area contributed by atoms with Crippen molar-refractivity contribution >= 4 is 21.4 Å². The molecule has 4 nitrogen and oxygen atoms in total. The van der Waals surface area contributed by atoms with Crippen LogP contribution in [0.2, 0.25) is 5.02 Å². The highest BCUT2D eigenvalue weighted by Gasteiger charge is 2.18. The van der Waals surface area contributed by atoms with Crippen LogP contribution in [-0.4, -0.2) is 18.2 Å². The molecule has 0 saturated heterocycles. The molecule has 0 aliphatic heterocycles. The predicted molar refractivity (Wildman–Crippen MR) is 85.9 cm³/mol. The molecular weight excluding hydrogens is 320 g/mol. The summed E-state index contributed by atoms with van der Waals surface area (Å²) in [5, 5.41) is 4.38. The molecule has 112 valence electrons. The van der Waals surface area contributed by atoms with Gasteiger partial charge in [0.25, 0.3) is 0 Å². The van der Waals surface area contributed by atoms with Gasteiger partial charge in [-0.25, -0.2) is 13.1 Å². The number of rotatable bonds is 4. The topological polar surface area (TPSA) is 52.0 Å². The molecule has 0 saturated carbocycles. The fourth-order valence-electron chi connectivity index (χ4n) is 2.16. The summed E-state index contributed by atoms with van der Waals surface area (Å²) in [5.74, 6) is -0.0872. The van der Waals surface area contributed by atoms with Crippen LogP contribution in [0.3, 0.4) is 0 Å². The third kappa shape index (κ3) is 3.05. The van der Waals surface area contributed by atoms with Gasteiger partial charge in [-0.3, -0.25) is 0 Å². The van der Waals surface area contributed by atoms with E-state index in [1.807, 2.05) is 24.4 Å². The number of benzene rings is 2. The van der Waals surface area contributed by atoms with Crippen molar-refractivity contribution < 1.29 is 8.42 Å². The quantitative estimate of drug-likeness (QED) is 0.734. The molecule has 6 heteroatoms. The number of nitrogens with zero attached hydrogens (tertiary/aromatic N) is 2. The standard InChI is InChI=1S/C16H13ClN2O2S/c17-15-4-1-2-5-16(15)22(20,21)12-13-6-8-14(9-7-13)19-11-3-10-18-19/h1-11H,12H2. The molecule has 0 atom stereocenters. The Bertz CT molecular complexity index is 873. The first-order valence-corrected chi connectivity index (χ1v) is 8.65. The smallest absolute Gasteiger partial charge is 0.183 e. The van der Waals surface area contributed by atoms with Crippen molar-refractivity contribution in [2.45, 2.75) is 10.6 Å². The summed E-state index contributed by atoms with van der Waals surface area (Å²) in [6.45, 7) is 0. The molecule has 3 rings (SSSR count). The Kier molecular flexibility index (Phi) is 4.00. The van der Waals surface area contributed by atoms with Gasteiger partial charge in [0.1, 0.15) is 0 Å². The molecule has 1 heterocycles. The molecule has 2 aromatic carbocycles. The predicted octanol–water partition coefficient (Wildman–Crippen LogP) is 3.50. The van der Waals surface area contributed by atoms with E-state index < -0.39 is 9.84 Å². The van der Waals surface area contributed by atoms with Crippen molar-refractivity contribution in [3.8, 4) is 5.69 Å². The minimum absolute atomic E-state index is 0.0872. The van der Waals surface area contributed by atoms with Gasteiger partial charge in [0.2, 0.25) is 0 Å². The van der Waals surface area contributed by atoms with Gasteiger partial charge in [-0.15, -0.1) is 0 Å². The zero-order valence-corrected chi connectivity index (χ0v) is 13.1. The molecule has 0 N–H and O–H groups in total. The van der Waals surface area contributed by atoms with E-state index in [4.69, 9.17) is 11.6 Å². The van der Waals surface area contributed by atoms with E-state index in [9.17, 15) is 8.42 Å². The summed E-state index contributed by atoms with van der Waals surface area (Å²) in [6.07, 6.45) is 3.52. The lowest BCUT2D eigenvalue weighted by Crippen LogP contribution is -2.06. The van der Waals surface area contributed by atoms with Crippen molar-refractivity contribution in [2.75, 3.05) is 0 Å². The Balaban J connectivity index is 1.86. The zero-order valence-electron chi connectivity index (χ0n) is 11.6. The summed E-state index contributed by atoms with van der Waals surface area (Å²) < 4.78 is 26.6. The summed E-state index contributed by atoms with van der Waals surface area (Å²) in [6, 6.07) is 15.5. The van der Waals surface area contributed by atoms with Gasteiger partial charge in [-0.05, 0) is 35.9 Å². The van der Waals surface area contributed by atoms with Crippen molar-refractivity contribution in [2.24, 2.45) is 0 Å². The molecule has 1 aromatic heterocycles. The van der Waals surface area contributed by atoms with Crippen molar-refractivity contribution in [1.29, 1.82) is 0 Å². The fourth-order valence-corrected chi connectivity index (χ4v) is 4.09. The molecule has 0 radical (unpaired) electrons. The Morgan fingerprint density at radius 3 is 2.36 bits per heavy atom. The molecule has 22 heavy (non-hydrogen) atoms. The van der Waals surface area contributed by atoms with Gasteiger partial charge in [-0.2, -0.15) is 5.10 Å². The van der Waals surface area contributed by atoms with Crippen molar-refractivity contribution in [3.63, 3.8) is 0 Å². The number of aromatic nitrogens is 2. The minimum Gasteiger partial charge on any atom is -0.241 e. The number of halogens is 1. The second-order valence-electron chi connectivity index (χ2n) is 4.81. The number of hydrogen-bond donors (Lipinski definition) is 0. The highest BCUT2D eigenvalue weighted by Crippen LogP contribution is 2.24. The third-order valence-electron chi connectivity index (χ3n) is 3.23. The first-order chi connectivity index (χ1) is 10.6. The molecule has 0 fully saturated rings. The SMILES string of the molecule is O=S(=O)(Cc1ccc(-n2cccn2)cc1)c1ccccc1Cl. The third-order valence-corrected chi connectivity index (χ3v) is 5.41. The zero-order chi connectivity index (χ0) is 15.6. The lowest BCUT2D eigenvalue weighted by atomic mass is 10.2. The summed E-state index contributed by atoms with van der Waals surface area (Å²) in [4.78, 5) is 0.160. The molecule has 0 bridgehead atoms. The lowest BCUT2D eigenvalue weighted by molar-refractivity contribution is 0.595. The van der Waals surface area contributed by atoms with E-state index >= 15 is 0 Å². The van der Waals surface area contributed by atoms with Crippen LogP contribution >= 0.6 is 11.6 Å². The van der Waals surface area contributed by atoms with Gasteiger partial charge in [-0.1, -0.05) is 35.9 Å². The highest BCUT2D eigenvalue weighted by molar-refractivity contribution is 7.90. The van der Waals surface area contributed by atoms with Gasteiger partial charge in [0, 0.05) is 12.4 Å². The molecule has 0 unspecified atom stereocenters. The highest BCUT2D eigenvalue weighted by atomic mass is 35.5. The maximum atomic E-state index is 12.4. The molecule has 0 aliphatic carbocycles. The Morgan fingerprint density at radius 1 is 1.00 bits per heavy atom. The maximum absolute atomic E-state index is 12.4. The summed E-state index contributed by atoms with van der Waals surface area (Å²) >= 11 is 5.98. The Labute approximate surface area is 133 Å². The lowest BCUT2D eigenvalue weighted by Gasteiger charge is -2.07. The van der Waals surface area contributed by atoms with E-state index in [0.29, 0.717) is 5.56 Å². The van der Waals surface area contributed by atoms with Crippen LogP contribution < -0.4 is 0 Å². The normalized spacial score (nSPS) is 11.5. The average Bonchev–Trinajstić information content (AvgIpc) is 3.02. The summed E-state index contributed by atoms with van der Waals surface area (Å²) in [5.41, 5.74) is 1.58. The van der Waals surface area contributed by atoms with Crippen LogP contribution in [0.15, 0.2) is 71.9 Å². The van der Waals surface area contributed by atoms with Gasteiger partial charge < -0.3 is 0 Å². The molecule has 0 aliphatic rings. The fraction of sp³-hybridized carbons (Fsp3) is 0.0625. The van der Waals surface area contributed by atoms with Crippen LogP contribution in [0.5, 0.6) is 0 Å². The number of hydrogen-bond acceptors (Lipinski definition) is 3. The van der Waals surface area contributed by atoms with Gasteiger partial charge >= 0.3 is 0 Å². The van der Waals surface area contributed by atoms with Crippen molar-refractivity contribution in [1.82, 2.24) is 9.78 Å². The largest absolute Gasteiger partial charge is 0.241 e. The molecule has 0 spiro atoms. The van der Waals surface area contributed by atoms with Crippen LogP contribution in [-0.2, 0) is 15.6 Å². The Morgan fingerprint density at radius 2 is 1.73 bits per heavy atom. The van der Waals surface area contributed by atoms with Crippen LogP contribution in [0.1, 0.15) is 5.56 Å². The van der Waals surface area contributed by atoms with E-state index in [1.165, 1.54) is 6.07 Å². The second-order valence-corrected chi connectivity index (χ2v) is 7.17. The van der Waals surface area contributed by atoms with Gasteiger partial charge in [0.05, 0.1) is 21.4 Å². The van der Waals surface area contributed by atoms with Gasteiger partial charge in [0.15, 0.2) is 9.84 Å².